The molecule has 1 fully saturated rings. The number of phenols is 1. The topological polar surface area (TPSA) is 144 Å². The van der Waals surface area contributed by atoms with Gasteiger partial charge >= 0.3 is 17.9 Å². The van der Waals surface area contributed by atoms with Crippen molar-refractivity contribution in [3.05, 3.63) is 23.8 Å². The van der Waals surface area contributed by atoms with Gasteiger partial charge in [-0.15, -0.1) is 0 Å². The molecule has 11 heteroatoms. The minimum atomic E-state index is -1.41. The predicted molar refractivity (Wildman–Crippen MR) is 106 cm³/mol. The molecule has 0 aromatic heterocycles. The van der Waals surface area contributed by atoms with E-state index in [1.54, 1.807) is 0 Å². The molecule has 0 radical (unpaired) electrons. The summed E-state index contributed by atoms with van der Waals surface area (Å²) >= 11 is 0. The molecule has 1 aromatic carbocycles. The van der Waals surface area contributed by atoms with Crippen molar-refractivity contribution in [3.63, 3.8) is 0 Å². The van der Waals surface area contributed by atoms with Crippen LogP contribution in [0.25, 0.3) is 0 Å². The number of Topliss-reactive ketones (excluding diaryl/α,β-unsaturated/α-hetero) is 1. The van der Waals surface area contributed by atoms with Crippen molar-refractivity contribution in [1.29, 1.82) is 0 Å². The number of carbonyl (C=O) groups excluding carboxylic acids is 4. The molecule has 0 saturated carbocycles. The highest BCUT2D eigenvalue weighted by molar-refractivity contribution is 5.99. The van der Waals surface area contributed by atoms with Crippen LogP contribution in [0.4, 0.5) is 0 Å². The lowest BCUT2D eigenvalue weighted by Gasteiger charge is -2.44. The van der Waals surface area contributed by atoms with Crippen LogP contribution >= 0.6 is 0 Å². The van der Waals surface area contributed by atoms with Gasteiger partial charge in [0.15, 0.2) is 18.0 Å². The molecule has 1 aromatic rings. The van der Waals surface area contributed by atoms with Gasteiger partial charge in [0, 0.05) is 27.9 Å². The number of ketones is 1. The number of hydrogen-bond acceptors (Lipinski definition) is 11. The highest BCUT2D eigenvalue weighted by Crippen LogP contribution is 2.34. The van der Waals surface area contributed by atoms with Gasteiger partial charge in [0.1, 0.15) is 23.2 Å². The zero-order valence-corrected chi connectivity index (χ0v) is 18.4. The molecule has 1 aliphatic rings. The maximum absolute atomic E-state index is 12.0. The van der Waals surface area contributed by atoms with Crippen molar-refractivity contribution in [1.82, 2.24) is 0 Å². The van der Waals surface area contributed by atoms with E-state index < -0.39 is 54.4 Å². The zero-order chi connectivity index (χ0) is 24.0. The Labute approximate surface area is 184 Å². The number of methoxy groups -OCH3 is 1. The number of esters is 3. The Morgan fingerprint density at radius 3 is 2.00 bits per heavy atom. The third-order valence-electron chi connectivity index (χ3n) is 4.43. The van der Waals surface area contributed by atoms with Gasteiger partial charge in [0.25, 0.3) is 0 Å². The SMILES string of the molecule is COC[C@H]1O[C@@H](Oc2cccc(O)c2C(C)=O)[C@H](OC(C)=O)[C@@H](OC(C)=O)[C@@H]1OC(C)=O. The smallest absolute Gasteiger partial charge is 0.303 e. The number of rotatable bonds is 8. The van der Waals surface area contributed by atoms with Crippen molar-refractivity contribution in [2.45, 2.75) is 58.4 Å². The van der Waals surface area contributed by atoms with Crippen molar-refractivity contribution in [3.8, 4) is 11.5 Å². The van der Waals surface area contributed by atoms with E-state index >= 15 is 0 Å². The lowest BCUT2D eigenvalue weighted by molar-refractivity contribution is -0.288. The molecule has 0 bridgehead atoms. The molecular weight excluding hydrogens is 428 g/mol. The van der Waals surface area contributed by atoms with Crippen LogP contribution in [0, 0.1) is 0 Å². The maximum Gasteiger partial charge on any atom is 0.303 e. The largest absolute Gasteiger partial charge is 0.507 e. The van der Waals surface area contributed by atoms with E-state index in [0.717, 1.165) is 20.8 Å². The second kappa shape index (κ2) is 10.9. The second-order valence-electron chi connectivity index (χ2n) is 7.04. The van der Waals surface area contributed by atoms with Crippen molar-refractivity contribution in [2.24, 2.45) is 0 Å². The van der Waals surface area contributed by atoms with Crippen LogP contribution in [0.1, 0.15) is 38.1 Å². The molecule has 176 valence electrons. The summed E-state index contributed by atoms with van der Waals surface area (Å²) in [5.74, 6) is -3.03. The minimum Gasteiger partial charge on any atom is -0.507 e. The van der Waals surface area contributed by atoms with Gasteiger partial charge < -0.3 is 33.5 Å². The van der Waals surface area contributed by atoms with E-state index in [1.807, 2.05) is 0 Å². The molecule has 1 heterocycles. The standard InChI is InChI=1S/C21H26O11/c1-10(22)17-14(26)7-6-8-15(17)31-21-20(30-13(4)25)19(29-12(3)24)18(28-11(2)23)16(32-21)9-27-5/h6-8,16,18-21,26H,9H2,1-5H3/t16-,18-,19+,20-,21-/m1/s1. The second-order valence-corrected chi connectivity index (χ2v) is 7.04. The van der Waals surface area contributed by atoms with Gasteiger partial charge in [-0.25, -0.2) is 0 Å². The monoisotopic (exact) mass is 454 g/mol. The van der Waals surface area contributed by atoms with Gasteiger partial charge in [-0.1, -0.05) is 6.07 Å². The van der Waals surface area contributed by atoms with E-state index in [-0.39, 0.29) is 23.7 Å². The molecule has 2 rings (SSSR count). The first-order valence-corrected chi connectivity index (χ1v) is 9.70. The summed E-state index contributed by atoms with van der Waals surface area (Å²) in [5.41, 5.74) is -0.118. The van der Waals surface area contributed by atoms with E-state index in [4.69, 9.17) is 28.4 Å². The normalized spacial score (nSPS) is 24.8. The van der Waals surface area contributed by atoms with E-state index in [9.17, 15) is 24.3 Å². The van der Waals surface area contributed by atoms with Crippen LogP contribution in [0.5, 0.6) is 11.5 Å². The first kappa shape index (κ1) is 25.1. The third-order valence-corrected chi connectivity index (χ3v) is 4.43. The molecular formula is C21H26O11. The maximum atomic E-state index is 12.0. The summed E-state index contributed by atoms with van der Waals surface area (Å²) in [6, 6.07) is 4.16. The molecule has 1 N–H and O–H groups in total. The van der Waals surface area contributed by atoms with Crippen LogP contribution in [-0.4, -0.2) is 73.2 Å². The lowest BCUT2D eigenvalue weighted by Crippen LogP contribution is -2.63. The quantitative estimate of drug-likeness (QED) is 0.343. The van der Waals surface area contributed by atoms with Crippen LogP contribution in [0.15, 0.2) is 18.2 Å². The Bertz CT molecular complexity index is 865. The molecule has 0 spiro atoms. The predicted octanol–water partition coefficient (Wildman–Crippen LogP) is 1.14. The highest BCUT2D eigenvalue weighted by atomic mass is 16.7. The van der Waals surface area contributed by atoms with Crippen LogP contribution < -0.4 is 4.74 Å². The number of benzene rings is 1. The molecule has 11 nitrogen and oxygen atoms in total. The van der Waals surface area contributed by atoms with E-state index in [0.29, 0.717) is 0 Å². The molecule has 1 saturated heterocycles. The molecule has 1 aliphatic heterocycles. The van der Waals surface area contributed by atoms with E-state index in [1.165, 1.54) is 32.2 Å². The Morgan fingerprint density at radius 2 is 1.47 bits per heavy atom. The molecule has 0 unspecified atom stereocenters. The van der Waals surface area contributed by atoms with Gasteiger partial charge in [0.05, 0.1) is 6.61 Å². The molecule has 0 aliphatic carbocycles. The van der Waals surface area contributed by atoms with Gasteiger partial charge in [-0.2, -0.15) is 0 Å². The van der Waals surface area contributed by atoms with Gasteiger partial charge in [-0.05, 0) is 19.1 Å². The van der Waals surface area contributed by atoms with Gasteiger partial charge in [0.2, 0.25) is 12.4 Å². The summed E-state index contributed by atoms with van der Waals surface area (Å²) in [6.45, 7) is 4.56. The highest BCUT2D eigenvalue weighted by Gasteiger charge is 2.53. The van der Waals surface area contributed by atoms with Crippen LogP contribution in [-0.2, 0) is 38.1 Å². The third kappa shape index (κ3) is 6.17. The fourth-order valence-corrected chi connectivity index (χ4v) is 3.35. The van der Waals surface area contributed by atoms with Crippen molar-refractivity contribution >= 4 is 23.7 Å². The summed E-state index contributed by atoms with van der Waals surface area (Å²) in [4.78, 5) is 47.3. The minimum absolute atomic E-state index is 0.0525. The molecule has 5 atom stereocenters. The molecule has 32 heavy (non-hydrogen) atoms. The van der Waals surface area contributed by atoms with Crippen molar-refractivity contribution < 1.29 is 52.7 Å². The fourth-order valence-electron chi connectivity index (χ4n) is 3.35. The Balaban J connectivity index is 2.53. The fraction of sp³-hybridized carbons (Fsp3) is 0.524. The summed E-state index contributed by atoms with van der Waals surface area (Å²) in [6.07, 6.45) is -6.26. The Hall–Kier alpha value is -3.18. The first-order valence-electron chi connectivity index (χ1n) is 9.70. The summed E-state index contributed by atoms with van der Waals surface area (Å²) < 4.78 is 32.8. The summed E-state index contributed by atoms with van der Waals surface area (Å²) in [5, 5.41) is 10.1. The Kier molecular flexibility index (Phi) is 8.56. The van der Waals surface area contributed by atoms with Crippen molar-refractivity contribution in [2.75, 3.05) is 13.7 Å². The first-order chi connectivity index (χ1) is 15.0. The van der Waals surface area contributed by atoms with Gasteiger partial charge in [-0.3, -0.25) is 19.2 Å². The molecule has 0 amide bonds. The van der Waals surface area contributed by atoms with E-state index in [2.05, 4.69) is 0 Å². The number of phenolic OH excluding ortho intramolecular Hbond substituents is 1. The zero-order valence-electron chi connectivity index (χ0n) is 18.4. The van der Waals surface area contributed by atoms with Crippen LogP contribution in [0.2, 0.25) is 0 Å². The number of carbonyl (C=O) groups is 4. The number of aromatic hydroxyl groups is 1. The average molecular weight is 454 g/mol. The Morgan fingerprint density at radius 1 is 0.906 bits per heavy atom. The van der Waals surface area contributed by atoms with Crippen LogP contribution in [0.3, 0.4) is 0 Å². The number of hydrogen-bond donors (Lipinski definition) is 1. The lowest BCUT2D eigenvalue weighted by atomic mass is 9.98. The summed E-state index contributed by atoms with van der Waals surface area (Å²) in [7, 11) is 1.38. The average Bonchev–Trinajstić information content (AvgIpc) is 2.66. The number of ether oxygens (including phenoxy) is 6.